The van der Waals surface area contributed by atoms with E-state index in [0.29, 0.717) is 13.1 Å². The smallest absolute Gasteiger partial charge is 0.308 e. The molecule has 0 saturated heterocycles. The molecule has 0 radical (unpaired) electrons. The normalized spacial score (nSPS) is 12.2. The molecule has 0 rings (SSSR count). The van der Waals surface area contributed by atoms with Crippen LogP contribution in [0.2, 0.25) is 0 Å². The molecule has 1 unspecified atom stereocenters. The molecule has 1 atom stereocenters. The molecule has 0 aromatic rings. The summed E-state index contributed by atoms with van der Waals surface area (Å²) in [6.07, 6.45) is 3.12. The number of hydrogen-bond acceptors (Lipinski definition) is 2. The van der Waals surface area contributed by atoms with Crippen molar-refractivity contribution in [1.29, 1.82) is 0 Å². The SMILES string of the molecule is CCCCCN(CC(C)C(=O)O)C(C)=O. The Hall–Kier alpha value is -1.06. The standard InChI is InChI=1S/C11H21NO3/c1-4-5-6-7-12(10(3)13)8-9(2)11(14)15/h9H,4-8H2,1-3H3,(H,14,15). The Kier molecular flexibility index (Phi) is 6.75. The number of carboxylic acid groups (broad SMARTS) is 1. The van der Waals surface area contributed by atoms with Crippen molar-refractivity contribution in [1.82, 2.24) is 4.90 Å². The maximum absolute atomic E-state index is 11.2. The molecule has 1 amide bonds. The first-order chi connectivity index (χ1) is 6.99. The largest absolute Gasteiger partial charge is 0.481 e. The molecular weight excluding hydrogens is 194 g/mol. The van der Waals surface area contributed by atoms with Crippen LogP contribution in [0.1, 0.15) is 40.0 Å². The Morgan fingerprint density at radius 1 is 1.33 bits per heavy atom. The average molecular weight is 215 g/mol. The van der Waals surface area contributed by atoms with Gasteiger partial charge >= 0.3 is 5.97 Å². The van der Waals surface area contributed by atoms with Crippen molar-refractivity contribution < 1.29 is 14.7 Å². The third-order valence-electron chi connectivity index (χ3n) is 2.39. The van der Waals surface area contributed by atoms with Crippen molar-refractivity contribution in [3.63, 3.8) is 0 Å². The summed E-state index contributed by atoms with van der Waals surface area (Å²) in [7, 11) is 0. The Bertz CT molecular complexity index is 216. The molecule has 0 aliphatic carbocycles. The summed E-state index contributed by atoms with van der Waals surface area (Å²) in [6, 6.07) is 0. The topological polar surface area (TPSA) is 57.6 Å². The van der Waals surface area contributed by atoms with Crippen LogP contribution in [0, 0.1) is 5.92 Å². The number of amides is 1. The highest BCUT2D eigenvalue weighted by molar-refractivity contribution is 5.75. The molecule has 0 aromatic heterocycles. The predicted octanol–water partition coefficient (Wildman–Crippen LogP) is 1.75. The average Bonchev–Trinajstić information content (AvgIpc) is 2.15. The third-order valence-corrected chi connectivity index (χ3v) is 2.39. The number of aliphatic carboxylic acids is 1. The summed E-state index contributed by atoms with van der Waals surface area (Å²) in [5.41, 5.74) is 0. The van der Waals surface area contributed by atoms with E-state index in [2.05, 4.69) is 6.92 Å². The monoisotopic (exact) mass is 215 g/mol. The van der Waals surface area contributed by atoms with Crippen LogP contribution in [-0.4, -0.2) is 35.0 Å². The lowest BCUT2D eigenvalue weighted by molar-refractivity contribution is -0.142. The summed E-state index contributed by atoms with van der Waals surface area (Å²) in [6.45, 7) is 6.19. The minimum Gasteiger partial charge on any atom is -0.481 e. The number of unbranched alkanes of at least 4 members (excludes halogenated alkanes) is 2. The van der Waals surface area contributed by atoms with E-state index in [1.165, 1.54) is 6.92 Å². The molecule has 0 bridgehead atoms. The van der Waals surface area contributed by atoms with Gasteiger partial charge in [0.1, 0.15) is 0 Å². The molecular formula is C11H21NO3. The minimum atomic E-state index is -0.850. The van der Waals surface area contributed by atoms with Gasteiger partial charge in [-0.3, -0.25) is 9.59 Å². The second-order valence-corrected chi connectivity index (χ2v) is 3.91. The van der Waals surface area contributed by atoms with Crippen LogP contribution in [0.5, 0.6) is 0 Å². The second-order valence-electron chi connectivity index (χ2n) is 3.91. The molecule has 1 N–H and O–H groups in total. The lowest BCUT2D eigenvalue weighted by atomic mass is 10.1. The van der Waals surface area contributed by atoms with Crippen molar-refractivity contribution in [3.05, 3.63) is 0 Å². The second kappa shape index (κ2) is 7.26. The minimum absolute atomic E-state index is 0.0424. The summed E-state index contributed by atoms with van der Waals surface area (Å²) in [4.78, 5) is 23.5. The first kappa shape index (κ1) is 13.9. The van der Waals surface area contributed by atoms with Gasteiger partial charge in [0.15, 0.2) is 0 Å². The molecule has 0 aromatic carbocycles. The van der Waals surface area contributed by atoms with Gasteiger partial charge in [0.25, 0.3) is 0 Å². The van der Waals surface area contributed by atoms with E-state index in [-0.39, 0.29) is 5.91 Å². The van der Waals surface area contributed by atoms with Crippen molar-refractivity contribution in [2.24, 2.45) is 5.92 Å². The van der Waals surface area contributed by atoms with E-state index in [1.807, 2.05) is 0 Å². The fourth-order valence-corrected chi connectivity index (χ4v) is 1.34. The zero-order chi connectivity index (χ0) is 11.8. The van der Waals surface area contributed by atoms with Crippen LogP contribution in [0.4, 0.5) is 0 Å². The molecule has 4 heteroatoms. The van der Waals surface area contributed by atoms with Gasteiger partial charge in [0.05, 0.1) is 5.92 Å². The number of hydrogen-bond donors (Lipinski definition) is 1. The fraction of sp³-hybridized carbons (Fsp3) is 0.818. The Balaban J connectivity index is 4.04. The van der Waals surface area contributed by atoms with Crippen LogP contribution in [0.15, 0.2) is 0 Å². The zero-order valence-corrected chi connectivity index (χ0v) is 9.82. The first-order valence-corrected chi connectivity index (χ1v) is 5.47. The van der Waals surface area contributed by atoms with Crippen LogP contribution in [0.25, 0.3) is 0 Å². The maximum atomic E-state index is 11.2. The highest BCUT2D eigenvalue weighted by Crippen LogP contribution is 2.04. The summed E-state index contributed by atoms with van der Waals surface area (Å²) >= 11 is 0. The number of carbonyl (C=O) groups is 2. The summed E-state index contributed by atoms with van der Waals surface area (Å²) in [5, 5.41) is 8.75. The van der Waals surface area contributed by atoms with E-state index >= 15 is 0 Å². The molecule has 0 fully saturated rings. The van der Waals surface area contributed by atoms with Crippen LogP contribution in [0.3, 0.4) is 0 Å². The van der Waals surface area contributed by atoms with Gasteiger partial charge in [0, 0.05) is 20.0 Å². The summed E-state index contributed by atoms with van der Waals surface area (Å²) in [5.74, 6) is -1.38. The molecule has 0 saturated carbocycles. The highest BCUT2D eigenvalue weighted by atomic mass is 16.4. The van der Waals surface area contributed by atoms with Gasteiger partial charge in [-0.2, -0.15) is 0 Å². The molecule has 0 aliphatic heterocycles. The lowest BCUT2D eigenvalue weighted by Crippen LogP contribution is -2.36. The van der Waals surface area contributed by atoms with Crippen molar-refractivity contribution in [2.75, 3.05) is 13.1 Å². The van der Waals surface area contributed by atoms with E-state index in [4.69, 9.17) is 5.11 Å². The molecule has 15 heavy (non-hydrogen) atoms. The fourth-order valence-electron chi connectivity index (χ4n) is 1.34. The maximum Gasteiger partial charge on any atom is 0.308 e. The van der Waals surface area contributed by atoms with E-state index in [9.17, 15) is 9.59 Å². The van der Waals surface area contributed by atoms with Crippen molar-refractivity contribution in [2.45, 2.75) is 40.0 Å². The van der Waals surface area contributed by atoms with Gasteiger partial charge in [-0.15, -0.1) is 0 Å². The van der Waals surface area contributed by atoms with Crippen molar-refractivity contribution in [3.8, 4) is 0 Å². The Morgan fingerprint density at radius 2 is 1.93 bits per heavy atom. The number of carboxylic acids is 1. The van der Waals surface area contributed by atoms with Crippen molar-refractivity contribution >= 4 is 11.9 Å². The number of carbonyl (C=O) groups excluding carboxylic acids is 1. The molecule has 0 spiro atoms. The van der Waals surface area contributed by atoms with Gasteiger partial charge in [-0.1, -0.05) is 26.7 Å². The number of nitrogens with zero attached hydrogens (tertiary/aromatic N) is 1. The number of rotatable bonds is 7. The third kappa shape index (κ3) is 6.10. The van der Waals surface area contributed by atoms with Gasteiger partial charge in [-0.05, 0) is 6.42 Å². The van der Waals surface area contributed by atoms with Crippen LogP contribution < -0.4 is 0 Å². The van der Waals surface area contributed by atoms with Crippen LogP contribution in [-0.2, 0) is 9.59 Å². The molecule has 88 valence electrons. The molecule has 4 nitrogen and oxygen atoms in total. The first-order valence-electron chi connectivity index (χ1n) is 5.47. The van der Waals surface area contributed by atoms with Gasteiger partial charge < -0.3 is 10.0 Å². The lowest BCUT2D eigenvalue weighted by Gasteiger charge is -2.22. The van der Waals surface area contributed by atoms with E-state index in [1.54, 1.807) is 11.8 Å². The molecule has 0 heterocycles. The Morgan fingerprint density at radius 3 is 2.33 bits per heavy atom. The van der Waals surface area contributed by atoms with E-state index < -0.39 is 11.9 Å². The molecule has 0 aliphatic rings. The zero-order valence-electron chi connectivity index (χ0n) is 9.82. The quantitative estimate of drug-likeness (QED) is 0.658. The summed E-state index contributed by atoms with van der Waals surface area (Å²) < 4.78 is 0. The van der Waals surface area contributed by atoms with Crippen LogP contribution >= 0.6 is 0 Å². The van der Waals surface area contributed by atoms with Gasteiger partial charge in [-0.25, -0.2) is 0 Å². The predicted molar refractivity (Wildman–Crippen MR) is 58.6 cm³/mol. The van der Waals surface area contributed by atoms with E-state index in [0.717, 1.165) is 19.3 Å². The van der Waals surface area contributed by atoms with Gasteiger partial charge in [0.2, 0.25) is 5.91 Å². The Labute approximate surface area is 91.3 Å². The highest BCUT2D eigenvalue weighted by Gasteiger charge is 2.17.